The summed E-state index contributed by atoms with van der Waals surface area (Å²) in [6.45, 7) is 0.708. The first kappa shape index (κ1) is 14.6. The molecule has 1 aromatic rings. The molecule has 0 heterocycles. The molecule has 0 aliphatic carbocycles. The summed E-state index contributed by atoms with van der Waals surface area (Å²) < 4.78 is 44.4. The molecule has 0 radical (unpaired) electrons. The van der Waals surface area contributed by atoms with Crippen LogP contribution in [0.1, 0.15) is 6.92 Å². The van der Waals surface area contributed by atoms with E-state index in [-0.39, 0.29) is 18.1 Å². The third-order valence-corrected chi connectivity index (χ3v) is 1.95. The van der Waals surface area contributed by atoms with E-state index in [1.54, 1.807) is 0 Å². The maximum Gasteiger partial charge on any atom is 0.573 e. The van der Waals surface area contributed by atoms with Gasteiger partial charge in [0.15, 0.2) is 0 Å². The van der Waals surface area contributed by atoms with Crippen LogP contribution in [0.2, 0.25) is 0 Å². The van der Waals surface area contributed by atoms with Gasteiger partial charge >= 0.3 is 6.36 Å². The van der Waals surface area contributed by atoms with Crippen LogP contribution in [0.3, 0.4) is 0 Å². The summed E-state index contributed by atoms with van der Waals surface area (Å²) in [5, 5.41) is 18.2. The van der Waals surface area contributed by atoms with E-state index < -0.39 is 18.6 Å². The number of halogens is 3. The van der Waals surface area contributed by atoms with Gasteiger partial charge in [0.1, 0.15) is 23.7 Å². The first-order valence-electron chi connectivity index (χ1n) is 5.04. The molecule has 1 rings (SSSR count). The van der Waals surface area contributed by atoms with Gasteiger partial charge in [0.25, 0.3) is 0 Å². The molecule has 102 valence electrons. The van der Waals surface area contributed by atoms with Gasteiger partial charge in [0.05, 0.1) is 6.61 Å². The Morgan fingerprint density at radius 1 is 1.11 bits per heavy atom. The summed E-state index contributed by atoms with van der Waals surface area (Å²) in [5.74, 6) is -0.0954. The predicted octanol–water partition coefficient (Wildman–Crippen LogP) is 1.71. The van der Waals surface area contributed by atoms with Crippen molar-refractivity contribution in [3.8, 4) is 11.5 Å². The number of rotatable bonds is 5. The molecule has 1 aromatic carbocycles. The molecule has 0 aliphatic rings. The quantitative estimate of drug-likeness (QED) is 0.851. The molecule has 2 N–H and O–H groups in total. The van der Waals surface area contributed by atoms with Gasteiger partial charge in [0.2, 0.25) is 0 Å². The third kappa shape index (κ3) is 5.24. The highest BCUT2D eigenvalue weighted by atomic mass is 19.4. The molecule has 0 bridgehead atoms. The van der Waals surface area contributed by atoms with E-state index in [4.69, 9.17) is 9.84 Å². The van der Waals surface area contributed by atoms with Crippen LogP contribution in [-0.4, -0.2) is 35.4 Å². The lowest BCUT2D eigenvalue weighted by molar-refractivity contribution is -0.274. The van der Waals surface area contributed by atoms with E-state index in [9.17, 15) is 18.3 Å². The Kier molecular flexibility index (Phi) is 4.42. The average molecular weight is 266 g/mol. The SMILES string of the molecule is CC(O)(CO)COc1ccc(OC(F)(F)F)cc1. The maximum atomic E-state index is 11.9. The van der Waals surface area contributed by atoms with E-state index in [0.717, 1.165) is 12.1 Å². The first-order valence-corrected chi connectivity index (χ1v) is 5.04. The lowest BCUT2D eigenvalue weighted by Crippen LogP contribution is -2.36. The van der Waals surface area contributed by atoms with Crippen LogP contribution in [0, 0.1) is 0 Å². The van der Waals surface area contributed by atoms with Crippen molar-refractivity contribution in [2.75, 3.05) is 13.2 Å². The number of benzene rings is 1. The van der Waals surface area contributed by atoms with Gasteiger partial charge in [-0.3, -0.25) is 0 Å². The van der Waals surface area contributed by atoms with Crippen molar-refractivity contribution in [3.63, 3.8) is 0 Å². The molecule has 0 aromatic heterocycles. The number of ether oxygens (including phenoxy) is 2. The monoisotopic (exact) mass is 266 g/mol. The van der Waals surface area contributed by atoms with Crippen LogP contribution in [0.4, 0.5) is 13.2 Å². The second kappa shape index (κ2) is 5.45. The minimum atomic E-state index is -4.73. The van der Waals surface area contributed by atoms with Crippen molar-refractivity contribution < 1.29 is 32.9 Å². The Bertz CT molecular complexity index is 373. The molecule has 0 amide bonds. The molecule has 1 unspecified atom stereocenters. The molecule has 0 spiro atoms. The smallest absolute Gasteiger partial charge is 0.491 e. The minimum absolute atomic E-state index is 0.178. The fourth-order valence-electron chi connectivity index (χ4n) is 1.02. The highest BCUT2D eigenvalue weighted by Crippen LogP contribution is 2.24. The molecule has 0 saturated heterocycles. The van der Waals surface area contributed by atoms with Crippen molar-refractivity contribution in [1.82, 2.24) is 0 Å². The second-order valence-electron chi connectivity index (χ2n) is 3.96. The summed E-state index contributed by atoms with van der Waals surface area (Å²) in [4.78, 5) is 0. The molecule has 0 aliphatic heterocycles. The van der Waals surface area contributed by atoms with E-state index >= 15 is 0 Å². The van der Waals surface area contributed by atoms with Crippen molar-refractivity contribution in [2.45, 2.75) is 18.9 Å². The molecular weight excluding hydrogens is 253 g/mol. The van der Waals surface area contributed by atoms with Gasteiger partial charge in [-0.2, -0.15) is 0 Å². The number of hydrogen-bond acceptors (Lipinski definition) is 4. The Balaban J connectivity index is 2.56. The van der Waals surface area contributed by atoms with E-state index in [0.29, 0.717) is 0 Å². The van der Waals surface area contributed by atoms with Gasteiger partial charge in [-0.25, -0.2) is 0 Å². The van der Waals surface area contributed by atoms with Crippen LogP contribution < -0.4 is 9.47 Å². The topological polar surface area (TPSA) is 58.9 Å². The van der Waals surface area contributed by atoms with Gasteiger partial charge in [-0.05, 0) is 31.2 Å². The predicted molar refractivity (Wildman–Crippen MR) is 56.3 cm³/mol. The molecule has 4 nitrogen and oxygen atoms in total. The van der Waals surface area contributed by atoms with Gasteiger partial charge in [-0.15, -0.1) is 13.2 Å². The number of alkyl halides is 3. The lowest BCUT2D eigenvalue weighted by Gasteiger charge is -2.20. The molecule has 1 atom stereocenters. The van der Waals surface area contributed by atoms with Crippen LogP contribution in [-0.2, 0) is 0 Å². The van der Waals surface area contributed by atoms with E-state index in [1.165, 1.54) is 19.1 Å². The second-order valence-corrected chi connectivity index (χ2v) is 3.96. The maximum absolute atomic E-state index is 11.9. The van der Waals surface area contributed by atoms with Crippen molar-refractivity contribution in [1.29, 1.82) is 0 Å². The molecule has 0 saturated carbocycles. The Hall–Kier alpha value is -1.47. The molecule has 7 heteroatoms. The van der Waals surface area contributed by atoms with Gasteiger partial charge < -0.3 is 19.7 Å². The average Bonchev–Trinajstić information content (AvgIpc) is 2.26. The summed E-state index contributed by atoms with van der Waals surface area (Å²) >= 11 is 0. The largest absolute Gasteiger partial charge is 0.573 e. The normalized spacial score (nSPS) is 15.0. The molecular formula is C11H13F3O4. The molecule has 18 heavy (non-hydrogen) atoms. The van der Waals surface area contributed by atoms with Gasteiger partial charge in [-0.1, -0.05) is 0 Å². The third-order valence-electron chi connectivity index (χ3n) is 1.95. The Morgan fingerprint density at radius 2 is 1.61 bits per heavy atom. The highest BCUT2D eigenvalue weighted by Gasteiger charge is 2.31. The zero-order valence-corrected chi connectivity index (χ0v) is 9.57. The molecule has 0 fully saturated rings. The fraction of sp³-hybridized carbons (Fsp3) is 0.455. The zero-order chi connectivity index (χ0) is 13.8. The number of aliphatic hydroxyl groups is 2. The Labute approximate surface area is 102 Å². The lowest BCUT2D eigenvalue weighted by atomic mass is 10.1. The standard InChI is InChI=1S/C11H13F3O4/c1-10(16,6-15)7-17-8-2-4-9(5-3-8)18-11(12,13)14/h2-5,15-16H,6-7H2,1H3. The van der Waals surface area contributed by atoms with E-state index in [2.05, 4.69) is 4.74 Å². The van der Waals surface area contributed by atoms with Crippen molar-refractivity contribution in [3.05, 3.63) is 24.3 Å². The zero-order valence-electron chi connectivity index (χ0n) is 9.57. The van der Waals surface area contributed by atoms with Crippen LogP contribution in [0.15, 0.2) is 24.3 Å². The summed E-state index contributed by atoms with van der Waals surface area (Å²) in [6.07, 6.45) is -4.73. The van der Waals surface area contributed by atoms with Crippen LogP contribution in [0.5, 0.6) is 11.5 Å². The Morgan fingerprint density at radius 3 is 2.06 bits per heavy atom. The van der Waals surface area contributed by atoms with Gasteiger partial charge in [0, 0.05) is 0 Å². The fourth-order valence-corrected chi connectivity index (χ4v) is 1.02. The van der Waals surface area contributed by atoms with Crippen molar-refractivity contribution >= 4 is 0 Å². The number of hydrogen-bond donors (Lipinski definition) is 2. The summed E-state index contributed by atoms with van der Waals surface area (Å²) in [5.41, 5.74) is -1.40. The van der Waals surface area contributed by atoms with Crippen LogP contribution >= 0.6 is 0 Å². The summed E-state index contributed by atoms with van der Waals surface area (Å²) in [7, 11) is 0. The van der Waals surface area contributed by atoms with Crippen LogP contribution in [0.25, 0.3) is 0 Å². The summed E-state index contributed by atoms with van der Waals surface area (Å²) in [6, 6.07) is 4.73. The van der Waals surface area contributed by atoms with E-state index in [1.807, 2.05) is 0 Å². The number of aliphatic hydroxyl groups excluding tert-OH is 1. The van der Waals surface area contributed by atoms with Crippen molar-refractivity contribution in [2.24, 2.45) is 0 Å². The first-order chi connectivity index (χ1) is 8.22. The highest BCUT2D eigenvalue weighted by molar-refractivity contribution is 5.31. The minimum Gasteiger partial charge on any atom is -0.491 e.